The summed E-state index contributed by atoms with van der Waals surface area (Å²) in [5.41, 5.74) is 5.12. The molecule has 2 aromatic carbocycles. The van der Waals surface area contributed by atoms with Gasteiger partial charge in [-0.05, 0) is 49.1 Å². The van der Waals surface area contributed by atoms with E-state index in [1.807, 2.05) is 37.3 Å². The van der Waals surface area contributed by atoms with Crippen molar-refractivity contribution in [2.24, 2.45) is 5.10 Å². The summed E-state index contributed by atoms with van der Waals surface area (Å²) in [7, 11) is 3.24. The number of methoxy groups -OCH3 is 1. The van der Waals surface area contributed by atoms with Crippen molar-refractivity contribution < 1.29 is 14.3 Å². The summed E-state index contributed by atoms with van der Waals surface area (Å²) in [5.74, 6) is 0.467. The van der Waals surface area contributed by atoms with Crippen LogP contribution in [0.3, 0.4) is 0 Å². The molecule has 0 radical (unpaired) electrons. The quantitative estimate of drug-likeness (QED) is 0.712. The molecule has 0 saturated heterocycles. The van der Waals surface area contributed by atoms with Crippen LogP contribution in [-0.2, 0) is 4.79 Å². The molecule has 170 valence electrons. The van der Waals surface area contributed by atoms with Crippen LogP contribution in [0.25, 0.3) is 0 Å². The standard InChI is InChI=1S/C25H32N4O3/c1-6-13-26-25(31)28(4)16-24(30)29-22(20-9-7-8-10-23(20)32-5)15-21(27-29)19-12-11-17(2)18(3)14-19/h7-12,14,22H,6,13,15-16H2,1-5H3,(H,26,31)/t22-/m1/s1. The second-order valence-corrected chi connectivity index (χ2v) is 8.13. The number of likely N-dealkylation sites (N-methyl/N-ethyl adjacent to an activating group) is 1. The van der Waals surface area contributed by atoms with E-state index in [4.69, 9.17) is 9.84 Å². The van der Waals surface area contributed by atoms with Crippen LogP contribution in [0.5, 0.6) is 5.75 Å². The molecule has 1 aliphatic rings. The fraction of sp³-hybridized carbons (Fsp3) is 0.400. The number of nitrogens with zero attached hydrogens (tertiary/aromatic N) is 3. The van der Waals surface area contributed by atoms with Gasteiger partial charge in [0.05, 0.1) is 18.9 Å². The number of ether oxygens (including phenoxy) is 1. The van der Waals surface area contributed by atoms with Crippen molar-refractivity contribution in [2.45, 2.75) is 39.7 Å². The van der Waals surface area contributed by atoms with Gasteiger partial charge in [0.15, 0.2) is 0 Å². The zero-order valence-corrected chi connectivity index (χ0v) is 19.5. The van der Waals surface area contributed by atoms with Gasteiger partial charge in [-0.3, -0.25) is 4.79 Å². The number of urea groups is 1. The number of carbonyl (C=O) groups excluding carboxylic acids is 2. The monoisotopic (exact) mass is 436 g/mol. The van der Waals surface area contributed by atoms with E-state index in [2.05, 4.69) is 31.3 Å². The lowest BCUT2D eigenvalue weighted by atomic mass is 9.96. The van der Waals surface area contributed by atoms with E-state index in [-0.39, 0.29) is 24.5 Å². The summed E-state index contributed by atoms with van der Waals surface area (Å²) in [6.07, 6.45) is 1.40. The maximum atomic E-state index is 13.3. The smallest absolute Gasteiger partial charge is 0.317 e. The third kappa shape index (κ3) is 5.10. The van der Waals surface area contributed by atoms with Gasteiger partial charge in [-0.15, -0.1) is 0 Å². The van der Waals surface area contributed by atoms with Crippen LogP contribution >= 0.6 is 0 Å². The molecule has 3 amide bonds. The molecule has 1 heterocycles. The molecule has 7 heteroatoms. The first-order chi connectivity index (χ1) is 15.3. The van der Waals surface area contributed by atoms with Gasteiger partial charge < -0.3 is 15.0 Å². The summed E-state index contributed by atoms with van der Waals surface area (Å²) >= 11 is 0. The van der Waals surface area contributed by atoms with Crippen LogP contribution in [0.2, 0.25) is 0 Å². The van der Waals surface area contributed by atoms with Gasteiger partial charge in [0.1, 0.15) is 12.3 Å². The molecule has 0 aliphatic carbocycles. The summed E-state index contributed by atoms with van der Waals surface area (Å²) in [5, 5.41) is 9.02. The van der Waals surface area contributed by atoms with Gasteiger partial charge in [0, 0.05) is 25.6 Å². The van der Waals surface area contributed by atoms with Crippen molar-refractivity contribution in [1.82, 2.24) is 15.2 Å². The van der Waals surface area contributed by atoms with Crippen LogP contribution in [0.15, 0.2) is 47.6 Å². The number of amides is 3. The number of hydrogen-bond acceptors (Lipinski definition) is 4. The van der Waals surface area contributed by atoms with Crippen LogP contribution in [0.1, 0.15) is 48.1 Å². The number of nitrogens with one attached hydrogen (secondary N) is 1. The lowest BCUT2D eigenvalue weighted by molar-refractivity contribution is -0.133. The number of rotatable bonds is 7. The average molecular weight is 437 g/mol. The largest absolute Gasteiger partial charge is 0.496 e. The van der Waals surface area contributed by atoms with Gasteiger partial charge in [0.25, 0.3) is 5.91 Å². The van der Waals surface area contributed by atoms with Gasteiger partial charge >= 0.3 is 6.03 Å². The van der Waals surface area contributed by atoms with Crippen molar-refractivity contribution in [2.75, 3.05) is 27.2 Å². The van der Waals surface area contributed by atoms with Gasteiger partial charge in [-0.2, -0.15) is 5.10 Å². The molecule has 0 spiro atoms. The molecular weight excluding hydrogens is 404 g/mol. The Morgan fingerprint density at radius 3 is 2.62 bits per heavy atom. The van der Waals surface area contributed by atoms with Crippen LogP contribution in [0, 0.1) is 13.8 Å². The molecule has 2 aromatic rings. The second kappa shape index (κ2) is 10.3. The number of carbonyl (C=O) groups is 2. The number of benzene rings is 2. The summed E-state index contributed by atoms with van der Waals surface area (Å²) in [4.78, 5) is 26.9. The van der Waals surface area contributed by atoms with Crippen molar-refractivity contribution in [3.63, 3.8) is 0 Å². The predicted octanol–water partition coefficient (Wildman–Crippen LogP) is 4.04. The Hall–Kier alpha value is -3.35. The Balaban J connectivity index is 1.91. The lowest BCUT2D eigenvalue weighted by Gasteiger charge is -2.26. The van der Waals surface area contributed by atoms with E-state index in [1.54, 1.807) is 14.2 Å². The third-order valence-corrected chi connectivity index (χ3v) is 5.75. The van der Waals surface area contributed by atoms with E-state index in [0.29, 0.717) is 18.7 Å². The number of hydrazone groups is 1. The molecule has 0 unspecified atom stereocenters. The molecule has 0 fully saturated rings. The maximum Gasteiger partial charge on any atom is 0.317 e. The number of hydrogen-bond donors (Lipinski definition) is 1. The molecule has 0 aromatic heterocycles. The zero-order valence-electron chi connectivity index (χ0n) is 19.5. The normalized spacial score (nSPS) is 15.3. The van der Waals surface area contributed by atoms with Gasteiger partial charge in [-0.1, -0.05) is 37.3 Å². The molecule has 0 bridgehead atoms. The van der Waals surface area contributed by atoms with E-state index in [1.165, 1.54) is 21.0 Å². The molecular formula is C25H32N4O3. The highest BCUT2D eigenvalue weighted by Crippen LogP contribution is 2.37. The number of para-hydroxylation sites is 1. The van der Waals surface area contributed by atoms with E-state index >= 15 is 0 Å². The molecule has 7 nitrogen and oxygen atoms in total. The van der Waals surface area contributed by atoms with Crippen molar-refractivity contribution in [3.8, 4) is 5.75 Å². The molecule has 3 rings (SSSR count). The molecule has 1 atom stereocenters. The molecule has 1 N–H and O–H groups in total. The van der Waals surface area contributed by atoms with E-state index in [9.17, 15) is 9.59 Å². The first kappa shape index (κ1) is 23.3. The Kier molecular flexibility index (Phi) is 7.51. The van der Waals surface area contributed by atoms with Gasteiger partial charge in [-0.25, -0.2) is 9.80 Å². The third-order valence-electron chi connectivity index (χ3n) is 5.75. The Labute approximate surface area is 190 Å². The van der Waals surface area contributed by atoms with E-state index in [0.717, 1.165) is 23.3 Å². The minimum atomic E-state index is -0.303. The molecule has 1 aliphatic heterocycles. The minimum absolute atomic E-state index is 0.0646. The minimum Gasteiger partial charge on any atom is -0.496 e. The average Bonchev–Trinajstić information content (AvgIpc) is 3.24. The maximum absolute atomic E-state index is 13.3. The lowest BCUT2D eigenvalue weighted by Crippen LogP contribution is -2.43. The highest BCUT2D eigenvalue weighted by molar-refractivity contribution is 6.03. The summed E-state index contributed by atoms with van der Waals surface area (Å²) < 4.78 is 5.56. The Bertz CT molecular complexity index is 1020. The predicted molar refractivity (Wildman–Crippen MR) is 126 cm³/mol. The van der Waals surface area contributed by atoms with Gasteiger partial charge in [0.2, 0.25) is 0 Å². The second-order valence-electron chi connectivity index (χ2n) is 8.13. The summed E-state index contributed by atoms with van der Waals surface area (Å²) in [6.45, 7) is 6.63. The topological polar surface area (TPSA) is 74.2 Å². The van der Waals surface area contributed by atoms with Crippen LogP contribution in [0.4, 0.5) is 4.79 Å². The first-order valence-corrected chi connectivity index (χ1v) is 10.9. The Morgan fingerprint density at radius 2 is 1.94 bits per heavy atom. The highest BCUT2D eigenvalue weighted by atomic mass is 16.5. The fourth-order valence-corrected chi connectivity index (χ4v) is 3.73. The first-order valence-electron chi connectivity index (χ1n) is 10.9. The zero-order chi connectivity index (χ0) is 23.3. The SMILES string of the molecule is CCCNC(=O)N(C)CC(=O)N1N=C(c2ccc(C)c(C)c2)C[C@@H]1c1ccccc1OC. The van der Waals surface area contributed by atoms with Crippen LogP contribution < -0.4 is 10.1 Å². The number of aryl methyl sites for hydroxylation is 2. The summed E-state index contributed by atoms with van der Waals surface area (Å²) in [6, 6.07) is 13.3. The highest BCUT2D eigenvalue weighted by Gasteiger charge is 2.35. The van der Waals surface area contributed by atoms with Crippen molar-refractivity contribution in [3.05, 3.63) is 64.7 Å². The fourth-order valence-electron chi connectivity index (χ4n) is 3.73. The van der Waals surface area contributed by atoms with Crippen molar-refractivity contribution in [1.29, 1.82) is 0 Å². The van der Waals surface area contributed by atoms with Crippen molar-refractivity contribution >= 4 is 17.6 Å². The molecule has 0 saturated carbocycles. The van der Waals surface area contributed by atoms with Crippen LogP contribution in [-0.4, -0.2) is 54.8 Å². The van der Waals surface area contributed by atoms with E-state index < -0.39 is 0 Å². The Morgan fingerprint density at radius 1 is 1.19 bits per heavy atom. The molecule has 32 heavy (non-hydrogen) atoms.